The number of thiophene rings is 1. The third-order valence-corrected chi connectivity index (χ3v) is 5.91. The van der Waals surface area contributed by atoms with Crippen molar-refractivity contribution in [3.63, 3.8) is 0 Å². The molecule has 1 aliphatic heterocycles. The number of hydrogen-bond donors (Lipinski definition) is 3. The summed E-state index contributed by atoms with van der Waals surface area (Å²) in [6.45, 7) is 0.430. The molecule has 2 heterocycles. The number of fused-ring (bicyclic) bond motifs is 1. The van der Waals surface area contributed by atoms with Crippen LogP contribution in [0.3, 0.4) is 0 Å². The van der Waals surface area contributed by atoms with Crippen molar-refractivity contribution < 1.29 is 9.59 Å². The van der Waals surface area contributed by atoms with E-state index in [0.29, 0.717) is 17.1 Å². The predicted molar refractivity (Wildman–Crippen MR) is 95.0 cm³/mol. The number of anilines is 1. The fourth-order valence-corrected chi connectivity index (χ4v) is 4.89. The Balaban J connectivity index is 1.71. The Kier molecular flexibility index (Phi) is 4.88. The third-order valence-electron chi connectivity index (χ3n) is 3.59. The quantitative estimate of drug-likeness (QED) is 0.795. The number of benzene rings is 1. The largest absolute Gasteiger partial charge is 0.365 e. The van der Waals surface area contributed by atoms with Gasteiger partial charge in [0.05, 0.1) is 5.56 Å². The molecule has 0 atom stereocenters. The molecule has 1 aromatic carbocycles. The second-order valence-corrected chi connectivity index (χ2v) is 7.38. The van der Waals surface area contributed by atoms with E-state index in [0.717, 1.165) is 33.9 Å². The average molecular weight is 347 g/mol. The molecule has 7 heteroatoms. The molecule has 5 nitrogen and oxygen atoms in total. The van der Waals surface area contributed by atoms with Gasteiger partial charge in [-0.1, -0.05) is 30.3 Å². The molecule has 4 N–H and O–H groups in total. The molecule has 2 aromatic rings. The van der Waals surface area contributed by atoms with E-state index in [1.165, 1.54) is 11.3 Å². The van der Waals surface area contributed by atoms with Crippen LogP contribution in [-0.4, -0.2) is 17.7 Å². The summed E-state index contributed by atoms with van der Waals surface area (Å²) < 4.78 is 0. The maximum atomic E-state index is 12.1. The van der Waals surface area contributed by atoms with Gasteiger partial charge < -0.3 is 11.1 Å². The number of hydrogen-bond acceptors (Lipinski definition) is 4. The van der Waals surface area contributed by atoms with E-state index in [2.05, 4.69) is 10.6 Å². The standard InChI is InChI=1S/C16H17N3O2S2/c17-14(20)13-11-6-7-22-9-12(11)23-15(13)19-16(21)18-8-10-4-2-1-3-5-10/h1-5H,6-9H2,(H2,17,20)(H2,18,19,21). The van der Waals surface area contributed by atoms with Gasteiger partial charge in [0.2, 0.25) is 0 Å². The molecule has 0 aliphatic carbocycles. The smallest absolute Gasteiger partial charge is 0.320 e. The summed E-state index contributed by atoms with van der Waals surface area (Å²) in [5.41, 5.74) is 8.00. The summed E-state index contributed by atoms with van der Waals surface area (Å²) in [5.74, 6) is 1.37. The van der Waals surface area contributed by atoms with E-state index in [1.807, 2.05) is 42.1 Å². The van der Waals surface area contributed by atoms with Gasteiger partial charge in [-0.25, -0.2) is 4.79 Å². The Morgan fingerprint density at radius 3 is 2.74 bits per heavy atom. The van der Waals surface area contributed by atoms with E-state index in [9.17, 15) is 9.59 Å². The van der Waals surface area contributed by atoms with Crippen LogP contribution in [0, 0.1) is 0 Å². The van der Waals surface area contributed by atoms with Gasteiger partial charge in [-0.15, -0.1) is 11.3 Å². The lowest BCUT2D eigenvalue weighted by Gasteiger charge is -2.11. The fourth-order valence-electron chi connectivity index (χ4n) is 2.51. The van der Waals surface area contributed by atoms with E-state index in [1.54, 1.807) is 0 Å². The van der Waals surface area contributed by atoms with Crippen LogP contribution < -0.4 is 16.4 Å². The topological polar surface area (TPSA) is 84.2 Å². The van der Waals surface area contributed by atoms with Crippen LogP contribution in [0.5, 0.6) is 0 Å². The first-order valence-electron chi connectivity index (χ1n) is 7.26. The molecule has 0 unspecified atom stereocenters. The summed E-state index contributed by atoms with van der Waals surface area (Å²) >= 11 is 3.27. The van der Waals surface area contributed by atoms with Crippen molar-refractivity contribution in [3.8, 4) is 0 Å². The number of carbonyl (C=O) groups is 2. The monoisotopic (exact) mass is 347 g/mol. The van der Waals surface area contributed by atoms with Crippen LogP contribution >= 0.6 is 23.1 Å². The number of primary amides is 1. The van der Waals surface area contributed by atoms with Gasteiger partial charge in [0.25, 0.3) is 5.91 Å². The highest BCUT2D eigenvalue weighted by Crippen LogP contribution is 2.39. The maximum absolute atomic E-state index is 12.1. The Bertz CT molecular complexity index is 728. The minimum absolute atomic E-state index is 0.331. The predicted octanol–water partition coefficient (Wildman–Crippen LogP) is 2.96. The summed E-state index contributed by atoms with van der Waals surface area (Å²) in [6.07, 6.45) is 0.822. The van der Waals surface area contributed by atoms with Crippen molar-refractivity contribution in [2.75, 3.05) is 11.1 Å². The van der Waals surface area contributed by atoms with Crippen molar-refractivity contribution in [2.24, 2.45) is 5.73 Å². The SMILES string of the molecule is NC(=O)c1c(NC(=O)NCc2ccccc2)sc2c1CCSC2. The van der Waals surface area contributed by atoms with Crippen LogP contribution in [0.15, 0.2) is 30.3 Å². The van der Waals surface area contributed by atoms with Gasteiger partial charge in [-0.3, -0.25) is 10.1 Å². The van der Waals surface area contributed by atoms with Gasteiger partial charge in [0, 0.05) is 17.2 Å². The minimum Gasteiger partial charge on any atom is -0.365 e. The average Bonchev–Trinajstić information content (AvgIpc) is 2.91. The van der Waals surface area contributed by atoms with Crippen molar-refractivity contribution in [2.45, 2.75) is 18.7 Å². The first kappa shape index (κ1) is 15.9. The van der Waals surface area contributed by atoms with Gasteiger partial charge in [-0.2, -0.15) is 11.8 Å². The number of amides is 3. The molecule has 1 aromatic heterocycles. The second kappa shape index (κ2) is 7.06. The highest BCUT2D eigenvalue weighted by atomic mass is 32.2. The number of nitrogens with two attached hydrogens (primary N) is 1. The Labute approximate surface area is 142 Å². The van der Waals surface area contributed by atoms with Gasteiger partial charge >= 0.3 is 6.03 Å². The maximum Gasteiger partial charge on any atom is 0.320 e. The van der Waals surface area contributed by atoms with Crippen LogP contribution in [0.4, 0.5) is 9.80 Å². The van der Waals surface area contributed by atoms with E-state index >= 15 is 0 Å². The molecule has 3 amide bonds. The van der Waals surface area contributed by atoms with Crippen molar-refractivity contribution in [1.82, 2.24) is 5.32 Å². The normalized spacial score (nSPS) is 13.2. The number of carbonyl (C=O) groups excluding carboxylic acids is 2. The summed E-state index contributed by atoms with van der Waals surface area (Å²) in [6, 6.07) is 9.32. The zero-order valence-electron chi connectivity index (χ0n) is 12.4. The number of urea groups is 1. The minimum atomic E-state index is -0.479. The molecule has 0 spiro atoms. The van der Waals surface area contributed by atoms with Gasteiger partial charge in [0.1, 0.15) is 5.00 Å². The van der Waals surface area contributed by atoms with Crippen LogP contribution in [-0.2, 0) is 18.7 Å². The zero-order chi connectivity index (χ0) is 16.2. The van der Waals surface area contributed by atoms with Crippen LogP contribution in [0.25, 0.3) is 0 Å². The van der Waals surface area contributed by atoms with E-state index in [4.69, 9.17) is 5.73 Å². The lowest BCUT2D eigenvalue weighted by atomic mass is 10.1. The summed E-state index contributed by atoms with van der Waals surface area (Å²) in [4.78, 5) is 25.0. The third kappa shape index (κ3) is 3.68. The molecular weight excluding hydrogens is 330 g/mol. The number of nitrogens with one attached hydrogen (secondary N) is 2. The van der Waals surface area contributed by atoms with Crippen molar-refractivity contribution >= 4 is 40.0 Å². The number of rotatable bonds is 4. The van der Waals surface area contributed by atoms with Crippen LogP contribution in [0.2, 0.25) is 0 Å². The van der Waals surface area contributed by atoms with E-state index in [-0.39, 0.29) is 6.03 Å². The molecule has 0 bridgehead atoms. The molecular formula is C16H17N3O2S2. The van der Waals surface area contributed by atoms with Crippen LogP contribution in [0.1, 0.15) is 26.4 Å². The zero-order valence-corrected chi connectivity index (χ0v) is 14.1. The summed E-state index contributed by atoms with van der Waals surface area (Å²) in [5, 5.41) is 6.12. The van der Waals surface area contributed by atoms with Crippen molar-refractivity contribution in [3.05, 3.63) is 51.9 Å². The molecule has 0 saturated carbocycles. The van der Waals surface area contributed by atoms with E-state index < -0.39 is 5.91 Å². The highest BCUT2D eigenvalue weighted by molar-refractivity contribution is 7.98. The first-order chi connectivity index (χ1) is 11.1. The Morgan fingerprint density at radius 1 is 1.22 bits per heavy atom. The highest BCUT2D eigenvalue weighted by Gasteiger charge is 2.25. The Hall–Kier alpha value is -1.99. The fraction of sp³-hybridized carbons (Fsp3) is 0.250. The molecule has 120 valence electrons. The first-order valence-corrected chi connectivity index (χ1v) is 9.23. The molecule has 0 saturated heterocycles. The van der Waals surface area contributed by atoms with Crippen molar-refractivity contribution in [1.29, 1.82) is 0 Å². The molecule has 1 aliphatic rings. The molecule has 3 rings (SSSR count). The second-order valence-electron chi connectivity index (χ2n) is 5.17. The van der Waals surface area contributed by atoms with Gasteiger partial charge in [-0.05, 0) is 23.3 Å². The molecule has 23 heavy (non-hydrogen) atoms. The Morgan fingerprint density at radius 2 is 2.00 bits per heavy atom. The molecule has 0 radical (unpaired) electrons. The lowest BCUT2D eigenvalue weighted by Crippen LogP contribution is -2.29. The van der Waals surface area contributed by atoms with Gasteiger partial charge in [0.15, 0.2) is 0 Å². The number of thioether (sulfide) groups is 1. The molecule has 0 fully saturated rings. The summed E-state index contributed by atoms with van der Waals surface area (Å²) in [7, 11) is 0. The lowest BCUT2D eigenvalue weighted by molar-refractivity contribution is 0.100.